The van der Waals surface area contributed by atoms with Crippen molar-refractivity contribution in [2.24, 2.45) is 16.5 Å². The number of aliphatic imine (C=N–C) groups is 1. The number of hydrogen-bond donors (Lipinski definition) is 3. The highest BCUT2D eigenvalue weighted by Gasteiger charge is 2.17. The van der Waals surface area contributed by atoms with Gasteiger partial charge in [-0.15, -0.1) is 11.3 Å². The number of nitrogens with two attached hydrogens (primary N) is 2. The lowest BCUT2D eigenvalue weighted by Gasteiger charge is -2.25. The van der Waals surface area contributed by atoms with Crippen LogP contribution in [0.1, 0.15) is 37.3 Å². The Labute approximate surface area is 187 Å². The maximum Gasteiger partial charge on any atom is 0.223 e. The third-order valence-corrected chi connectivity index (χ3v) is 6.32. The van der Waals surface area contributed by atoms with Gasteiger partial charge in [-0.1, -0.05) is 31.2 Å². The molecule has 0 aliphatic carbocycles. The van der Waals surface area contributed by atoms with E-state index in [1.807, 2.05) is 36.9 Å². The average Bonchev–Trinajstić information content (AvgIpc) is 3.05. The van der Waals surface area contributed by atoms with Crippen molar-refractivity contribution in [2.45, 2.75) is 39.7 Å². The normalized spacial score (nSPS) is 15.3. The molecule has 0 saturated carbocycles. The number of amides is 1. The summed E-state index contributed by atoms with van der Waals surface area (Å²) < 4.78 is 0. The minimum atomic E-state index is -0.0986. The molecule has 0 radical (unpaired) electrons. The van der Waals surface area contributed by atoms with E-state index in [1.54, 1.807) is 11.3 Å². The van der Waals surface area contributed by atoms with E-state index in [-0.39, 0.29) is 11.9 Å². The van der Waals surface area contributed by atoms with Crippen LogP contribution in [-0.4, -0.2) is 46.3 Å². The molecule has 1 aliphatic rings. The molecule has 164 valence electrons. The van der Waals surface area contributed by atoms with E-state index in [1.165, 1.54) is 11.8 Å². The minimum Gasteiger partial charge on any atom is -0.370 e. The summed E-state index contributed by atoms with van der Waals surface area (Å²) in [5.41, 5.74) is 13.7. The first-order chi connectivity index (χ1) is 14.4. The highest BCUT2D eigenvalue weighted by Crippen LogP contribution is 2.27. The highest BCUT2D eigenvalue weighted by molar-refractivity contribution is 7.99. The van der Waals surface area contributed by atoms with Crippen LogP contribution in [0.15, 0.2) is 41.1 Å². The minimum absolute atomic E-state index is 0.0405. The number of carbonyl (C=O) groups excluding carboxylic acids is 1. The largest absolute Gasteiger partial charge is 0.370 e. The molecular weight excluding hydrogens is 416 g/mol. The molecule has 2 heterocycles. The van der Waals surface area contributed by atoms with E-state index in [4.69, 9.17) is 11.5 Å². The van der Waals surface area contributed by atoms with Gasteiger partial charge >= 0.3 is 0 Å². The second-order valence-corrected chi connectivity index (χ2v) is 9.33. The Kier molecular flexibility index (Phi) is 10.1. The monoisotopic (exact) mass is 448 g/mol. The molecule has 1 amide bonds. The number of hydrogen-bond acceptors (Lipinski definition) is 6. The summed E-state index contributed by atoms with van der Waals surface area (Å²) in [6.45, 7) is 10.7. The van der Waals surface area contributed by atoms with Gasteiger partial charge in [0.15, 0.2) is 11.1 Å². The summed E-state index contributed by atoms with van der Waals surface area (Å²) in [6.07, 6.45) is 8.15. The Morgan fingerprint density at radius 3 is 2.70 bits per heavy atom. The Hall–Kier alpha value is -2.10. The van der Waals surface area contributed by atoms with Crippen molar-refractivity contribution < 1.29 is 4.79 Å². The third kappa shape index (κ3) is 8.73. The number of allylic oxidation sites excluding steroid dienone is 4. The molecule has 0 aromatic carbocycles. The van der Waals surface area contributed by atoms with Gasteiger partial charge in [-0.2, -0.15) is 11.8 Å². The molecule has 0 spiro atoms. The van der Waals surface area contributed by atoms with Crippen molar-refractivity contribution in [3.63, 3.8) is 0 Å². The Bertz CT molecular complexity index is 817. The molecule has 9 heteroatoms. The average molecular weight is 449 g/mol. The number of nitrogens with zero attached hydrogens (tertiary/aromatic N) is 3. The number of rotatable bonds is 10. The van der Waals surface area contributed by atoms with Crippen molar-refractivity contribution in [3.05, 3.63) is 46.6 Å². The zero-order valence-electron chi connectivity index (χ0n) is 17.8. The SMILES string of the molecule is C=C(/C=C\C(=C/CC)N=C(N)N)CCc1nc(NC(C)=O)sc1CN1CCSCC1. The molecule has 5 N–H and O–H groups in total. The lowest BCUT2D eigenvalue weighted by Crippen LogP contribution is -2.31. The van der Waals surface area contributed by atoms with E-state index < -0.39 is 0 Å². The molecule has 1 fully saturated rings. The van der Waals surface area contributed by atoms with Crippen molar-refractivity contribution in [1.82, 2.24) is 9.88 Å². The molecule has 7 nitrogen and oxygen atoms in total. The predicted molar refractivity (Wildman–Crippen MR) is 130 cm³/mol. The predicted octanol–water partition coefficient (Wildman–Crippen LogP) is 3.26. The second kappa shape index (κ2) is 12.6. The maximum atomic E-state index is 11.5. The van der Waals surface area contributed by atoms with E-state index >= 15 is 0 Å². The summed E-state index contributed by atoms with van der Waals surface area (Å²) in [5.74, 6) is 2.27. The van der Waals surface area contributed by atoms with Crippen LogP contribution >= 0.6 is 23.1 Å². The zero-order chi connectivity index (χ0) is 21.9. The quantitative estimate of drug-likeness (QED) is 0.288. The van der Waals surface area contributed by atoms with Gasteiger partial charge in [-0.05, 0) is 25.3 Å². The smallest absolute Gasteiger partial charge is 0.223 e. The zero-order valence-corrected chi connectivity index (χ0v) is 19.5. The van der Waals surface area contributed by atoms with Crippen LogP contribution in [0.4, 0.5) is 5.13 Å². The first kappa shape index (κ1) is 24.2. The van der Waals surface area contributed by atoms with Crippen LogP contribution in [0.2, 0.25) is 0 Å². The van der Waals surface area contributed by atoms with Crippen LogP contribution < -0.4 is 16.8 Å². The standard InChI is InChI=1S/C21H32N6OS2/c1-4-5-17(25-20(22)23)8-6-15(2)7-9-18-19(14-27-10-12-29-13-11-27)30-21(26-18)24-16(3)28/h5-6,8H,2,4,7,9-14H2,1,3H3,(H4,22,23,25)(H,24,26,28)/b8-6-,17-5+. The summed E-state index contributed by atoms with van der Waals surface area (Å²) in [7, 11) is 0. The topological polar surface area (TPSA) is 110 Å². The lowest BCUT2D eigenvalue weighted by atomic mass is 10.1. The van der Waals surface area contributed by atoms with Crippen LogP contribution in [0.5, 0.6) is 0 Å². The fraction of sp³-hybridized carbons (Fsp3) is 0.476. The van der Waals surface area contributed by atoms with E-state index in [2.05, 4.69) is 26.8 Å². The van der Waals surface area contributed by atoms with Gasteiger partial charge < -0.3 is 16.8 Å². The maximum absolute atomic E-state index is 11.5. The molecule has 0 unspecified atom stereocenters. The Balaban J connectivity index is 2.04. The number of nitrogens with one attached hydrogen (secondary N) is 1. The van der Waals surface area contributed by atoms with Crippen LogP contribution in [0, 0.1) is 0 Å². The number of anilines is 1. The molecule has 1 saturated heterocycles. The van der Waals surface area contributed by atoms with Crippen LogP contribution in [0.3, 0.4) is 0 Å². The van der Waals surface area contributed by atoms with E-state index in [0.29, 0.717) is 5.13 Å². The van der Waals surface area contributed by atoms with Gasteiger partial charge in [0.2, 0.25) is 5.91 Å². The molecule has 0 atom stereocenters. The lowest BCUT2D eigenvalue weighted by molar-refractivity contribution is -0.114. The van der Waals surface area contributed by atoms with E-state index in [0.717, 1.165) is 67.4 Å². The molecule has 1 aliphatic heterocycles. The molecule has 2 rings (SSSR count). The first-order valence-corrected chi connectivity index (χ1v) is 12.1. The number of guanidine groups is 1. The van der Waals surface area contributed by atoms with Crippen molar-refractivity contribution in [3.8, 4) is 0 Å². The number of thiazole rings is 1. The molecular formula is C21H32N6OS2. The Morgan fingerprint density at radius 1 is 1.33 bits per heavy atom. The van der Waals surface area contributed by atoms with E-state index in [9.17, 15) is 4.79 Å². The number of aryl methyl sites for hydroxylation is 1. The second-order valence-electron chi connectivity index (χ2n) is 7.02. The van der Waals surface area contributed by atoms with Gasteiger partial charge in [0, 0.05) is 42.9 Å². The summed E-state index contributed by atoms with van der Waals surface area (Å²) in [6, 6.07) is 0. The summed E-state index contributed by atoms with van der Waals surface area (Å²) >= 11 is 3.57. The van der Waals surface area contributed by atoms with Gasteiger partial charge in [0.05, 0.1) is 11.4 Å². The number of thioether (sulfide) groups is 1. The number of carbonyl (C=O) groups is 1. The first-order valence-electron chi connectivity index (χ1n) is 10.1. The molecule has 0 bridgehead atoms. The van der Waals surface area contributed by atoms with Crippen molar-refractivity contribution >= 4 is 40.1 Å². The van der Waals surface area contributed by atoms with Gasteiger partial charge in [0.1, 0.15) is 0 Å². The molecule has 30 heavy (non-hydrogen) atoms. The van der Waals surface area contributed by atoms with Crippen molar-refractivity contribution in [2.75, 3.05) is 29.9 Å². The van der Waals surface area contributed by atoms with Gasteiger partial charge in [0.25, 0.3) is 0 Å². The van der Waals surface area contributed by atoms with Crippen molar-refractivity contribution in [1.29, 1.82) is 0 Å². The fourth-order valence-electron chi connectivity index (χ4n) is 2.94. The van der Waals surface area contributed by atoms with Gasteiger partial charge in [-0.25, -0.2) is 9.98 Å². The number of aromatic nitrogens is 1. The molecule has 1 aromatic rings. The fourth-order valence-corrected chi connectivity index (χ4v) is 5.02. The van der Waals surface area contributed by atoms with Crippen LogP contribution in [-0.2, 0) is 17.8 Å². The van der Waals surface area contributed by atoms with Crippen LogP contribution in [0.25, 0.3) is 0 Å². The third-order valence-electron chi connectivity index (χ3n) is 4.38. The summed E-state index contributed by atoms with van der Waals surface area (Å²) in [5, 5.41) is 3.49. The Morgan fingerprint density at radius 2 is 2.07 bits per heavy atom. The summed E-state index contributed by atoms with van der Waals surface area (Å²) in [4.78, 5) is 23.9. The van der Waals surface area contributed by atoms with Gasteiger partial charge in [-0.3, -0.25) is 9.69 Å². The highest BCUT2D eigenvalue weighted by atomic mass is 32.2. The molecule has 1 aromatic heterocycles.